The molecule has 10 heteroatoms. The lowest BCUT2D eigenvalue weighted by Gasteiger charge is -2.19. The van der Waals surface area contributed by atoms with Crippen molar-refractivity contribution in [1.82, 2.24) is 9.62 Å². The molecule has 3 aromatic rings. The lowest BCUT2D eigenvalue weighted by atomic mass is 10.1. The van der Waals surface area contributed by atoms with Gasteiger partial charge in [0.05, 0.1) is 26.2 Å². The van der Waals surface area contributed by atoms with Crippen LogP contribution in [0.25, 0.3) is 0 Å². The van der Waals surface area contributed by atoms with E-state index in [0.717, 1.165) is 5.56 Å². The van der Waals surface area contributed by atoms with Crippen LogP contribution in [0, 0.1) is 0 Å². The van der Waals surface area contributed by atoms with Crippen molar-refractivity contribution in [3.63, 3.8) is 0 Å². The molecule has 8 nitrogen and oxygen atoms in total. The van der Waals surface area contributed by atoms with E-state index in [2.05, 4.69) is 5.32 Å². The Morgan fingerprint density at radius 1 is 0.889 bits per heavy atom. The first-order valence-electron chi connectivity index (χ1n) is 11.1. The van der Waals surface area contributed by atoms with Gasteiger partial charge in [0.1, 0.15) is 5.75 Å². The number of nitrogens with one attached hydrogen (secondary N) is 1. The molecule has 0 fully saturated rings. The van der Waals surface area contributed by atoms with Crippen molar-refractivity contribution in [2.24, 2.45) is 0 Å². The summed E-state index contributed by atoms with van der Waals surface area (Å²) in [5.41, 5.74) is 1.94. The first kappa shape index (κ1) is 27.3. The second-order valence-corrected chi connectivity index (χ2v) is 10.4. The summed E-state index contributed by atoms with van der Waals surface area (Å²) in [6, 6.07) is 16.5. The predicted octanol–water partition coefficient (Wildman–Crippen LogP) is 4.16. The van der Waals surface area contributed by atoms with Crippen LogP contribution in [-0.4, -0.2) is 53.6 Å². The van der Waals surface area contributed by atoms with Gasteiger partial charge in [0.15, 0.2) is 11.5 Å². The molecule has 0 saturated heterocycles. The Morgan fingerprint density at radius 2 is 1.53 bits per heavy atom. The average molecular weight is 533 g/mol. The maximum absolute atomic E-state index is 13.0. The van der Waals surface area contributed by atoms with Gasteiger partial charge in [-0.1, -0.05) is 17.7 Å². The molecule has 0 saturated carbocycles. The third-order valence-electron chi connectivity index (χ3n) is 5.60. The van der Waals surface area contributed by atoms with Crippen molar-refractivity contribution in [3.8, 4) is 17.2 Å². The van der Waals surface area contributed by atoms with Crippen LogP contribution in [0.2, 0.25) is 5.02 Å². The van der Waals surface area contributed by atoms with Crippen molar-refractivity contribution in [3.05, 3.63) is 82.4 Å². The molecule has 1 amide bonds. The van der Waals surface area contributed by atoms with Crippen LogP contribution in [0.4, 0.5) is 0 Å². The second kappa shape index (κ2) is 12.1. The summed E-state index contributed by atoms with van der Waals surface area (Å²) in [5.74, 6) is 1.47. The van der Waals surface area contributed by atoms with Gasteiger partial charge in [-0.25, -0.2) is 8.42 Å². The first-order valence-corrected chi connectivity index (χ1v) is 12.9. The fourth-order valence-electron chi connectivity index (χ4n) is 3.61. The van der Waals surface area contributed by atoms with Gasteiger partial charge < -0.3 is 19.5 Å². The lowest BCUT2D eigenvalue weighted by Crippen LogP contribution is -2.28. The largest absolute Gasteiger partial charge is 0.496 e. The van der Waals surface area contributed by atoms with E-state index in [9.17, 15) is 13.2 Å². The zero-order valence-corrected chi connectivity index (χ0v) is 22.2. The Kier molecular flexibility index (Phi) is 9.19. The van der Waals surface area contributed by atoms with E-state index in [0.29, 0.717) is 46.4 Å². The zero-order chi connectivity index (χ0) is 26.3. The standard InChI is InChI=1S/C26H29ClN2O6S/c1-29(36(31,32)22-9-7-21(27)8-10-22)17-20-16-19(6-12-23(20)33-2)26(30)28-14-13-18-5-11-24(34-3)25(15-18)35-4/h5-12,15-16H,13-14,17H2,1-4H3,(H,28,30). The minimum absolute atomic E-state index is 0.0148. The number of methoxy groups -OCH3 is 3. The minimum Gasteiger partial charge on any atom is -0.496 e. The highest BCUT2D eigenvalue weighted by atomic mass is 35.5. The summed E-state index contributed by atoms with van der Waals surface area (Å²) in [4.78, 5) is 12.9. The molecule has 1 N–H and O–H groups in total. The average Bonchev–Trinajstić information content (AvgIpc) is 2.88. The fourth-order valence-corrected chi connectivity index (χ4v) is 4.89. The van der Waals surface area contributed by atoms with Crippen LogP contribution in [0.5, 0.6) is 17.2 Å². The van der Waals surface area contributed by atoms with Crippen LogP contribution < -0.4 is 19.5 Å². The number of amides is 1. The third-order valence-corrected chi connectivity index (χ3v) is 7.67. The van der Waals surface area contributed by atoms with Crippen molar-refractivity contribution < 1.29 is 27.4 Å². The maximum Gasteiger partial charge on any atom is 0.251 e. The third kappa shape index (κ3) is 6.48. The highest BCUT2D eigenvalue weighted by molar-refractivity contribution is 7.89. The van der Waals surface area contributed by atoms with Crippen molar-refractivity contribution in [1.29, 1.82) is 0 Å². The fraction of sp³-hybridized carbons (Fsp3) is 0.269. The molecule has 3 rings (SSSR count). The van der Waals surface area contributed by atoms with Gasteiger partial charge in [-0.3, -0.25) is 4.79 Å². The second-order valence-electron chi connectivity index (χ2n) is 7.94. The summed E-state index contributed by atoms with van der Waals surface area (Å²) < 4.78 is 43.1. The Bertz CT molecular complexity index is 1310. The Morgan fingerprint density at radius 3 is 2.17 bits per heavy atom. The van der Waals surface area contributed by atoms with Crippen LogP contribution in [0.15, 0.2) is 65.6 Å². The van der Waals surface area contributed by atoms with E-state index >= 15 is 0 Å². The number of ether oxygens (including phenoxy) is 3. The summed E-state index contributed by atoms with van der Waals surface area (Å²) >= 11 is 5.88. The van der Waals surface area contributed by atoms with Crippen LogP contribution in [0.3, 0.4) is 0 Å². The monoisotopic (exact) mass is 532 g/mol. The number of benzene rings is 3. The van der Waals surface area contributed by atoms with Crippen LogP contribution in [-0.2, 0) is 23.0 Å². The number of rotatable bonds is 11. The Balaban J connectivity index is 1.70. The minimum atomic E-state index is -3.77. The zero-order valence-electron chi connectivity index (χ0n) is 20.6. The van der Waals surface area contributed by atoms with Gasteiger partial charge in [-0.2, -0.15) is 4.31 Å². The topological polar surface area (TPSA) is 94.2 Å². The maximum atomic E-state index is 13.0. The number of hydrogen-bond donors (Lipinski definition) is 1. The van der Waals surface area contributed by atoms with Gasteiger partial charge in [0.25, 0.3) is 5.91 Å². The molecular formula is C26H29ClN2O6S. The van der Waals surface area contributed by atoms with E-state index in [4.69, 9.17) is 25.8 Å². The van der Waals surface area contributed by atoms with Crippen molar-refractivity contribution >= 4 is 27.5 Å². The number of hydrogen-bond acceptors (Lipinski definition) is 6. The molecule has 3 aromatic carbocycles. The van der Waals surface area contributed by atoms with Crippen molar-refractivity contribution in [2.45, 2.75) is 17.9 Å². The number of carbonyl (C=O) groups excluding carboxylic acids is 1. The normalized spacial score (nSPS) is 11.3. The van der Waals surface area contributed by atoms with E-state index in [1.54, 1.807) is 32.4 Å². The SMILES string of the molecule is COc1ccc(C(=O)NCCc2ccc(OC)c(OC)c2)cc1CN(C)S(=O)(=O)c1ccc(Cl)cc1. The smallest absolute Gasteiger partial charge is 0.251 e. The Hall–Kier alpha value is -3.27. The number of sulfonamides is 1. The molecule has 0 atom stereocenters. The van der Waals surface area contributed by atoms with Crippen LogP contribution in [0.1, 0.15) is 21.5 Å². The molecule has 0 aliphatic carbocycles. The molecular weight excluding hydrogens is 504 g/mol. The molecule has 192 valence electrons. The lowest BCUT2D eigenvalue weighted by molar-refractivity contribution is 0.0954. The summed E-state index contributed by atoms with van der Waals surface area (Å²) in [6.45, 7) is 0.418. The molecule has 0 unspecified atom stereocenters. The number of halogens is 1. The Labute approximate surface area is 216 Å². The van der Waals surface area contributed by atoms with E-state index in [-0.39, 0.29) is 17.3 Å². The van der Waals surface area contributed by atoms with Gasteiger partial charge in [-0.15, -0.1) is 0 Å². The van der Waals surface area contributed by atoms with Crippen molar-refractivity contribution in [2.75, 3.05) is 34.9 Å². The van der Waals surface area contributed by atoms with Gasteiger partial charge in [0.2, 0.25) is 10.0 Å². The highest BCUT2D eigenvalue weighted by Crippen LogP contribution is 2.28. The van der Waals surface area contributed by atoms with Gasteiger partial charge in [0, 0.05) is 36.3 Å². The number of nitrogens with zero attached hydrogens (tertiary/aromatic N) is 1. The predicted molar refractivity (Wildman–Crippen MR) is 139 cm³/mol. The van der Waals surface area contributed by atoms with E-state index < -0.39 is 10.0 Å². The summed E-state index contributed by atoms with van der Waals surface area (Å²) in [6.07, 6.45) is 0.594. The highest BCUT2D eigenvalue weighted by Gasteiger charge is 2.22. The quantitative estimate of drug-likeness (QED) is 0.398. The molecule has 0 aromatic heterocycles. The molecule has 0 aliphatic heterocycles. The van der Waals surface area contributed by atoms with E-state index in [1.165, 1.54) is 42.7 Å². The molecule has 0 spiro atoms. The van der Waals surface area contributed by atoms with Crippen LogP contribution >= 0.6 is 11.6 Å². The molecule has 0 heterocycles. The first-order chi connectivity index (χ1) is 17.2. The summed E-state index contributed by atoms with van der Waals surface area (Å²) in [5, 5.41) is 3.34. The number of carbonyl (C=O) groups is 1. The molecule has 0 radical (unpaired) electrons. The van der Waals surface area contributed by atoms with Gasteiger partial charge >= 0.3 is 0 Å². The summed E-state index contributed by atoms with van der Waals surface area (Å²) in [7, 11) is 2.35. The molecule has 36 heavy (non-hydrogen) atoms. The van der Waals surface area contributed by atoms with Gasteiger partial charge in [-0.05, 0) is 66.6 Å². The molecule has 0 aliphatic rings. The van der Waals surface area contributed by atoms with E-state index in [1.807, 2.05) is 18.2 Å². The molecule has 0 bridgehead atoms.